The number of hydrogen-bond acceptors (Lipinski definition) is 2. The lowest BCUT2D eigenvalue weighted by Crippen LogP contribution is -2.61. The van der Waals surface area contributed by atoms with E-state index in [0.717, 1.165) is 6.04 Å². The van der Waals surface area contributed by atoms with Crippen molar-refractivity contribution in [2.45, 2.75) is 83.2 Å². The Morgan fingerprint density at radius 1 is 1.00 bits per heavy atom. The summed E-state index contributed by atoms with van der Waals surface area (Å²) in [7, 11) is 0. The van der Waals surface area contributed by atoms with Crippen molar-refractivity contribution in [3.05, 3.63) is 0 Å². The standard InChI is InChI=1S/C16H32N2/c1-3-12-17-15(4-2)16(10-6-7-11-16)18-13-8-5-9-14-18/h15,17H,3-14H2,1-2H3. The van der Waals surface area contributed by atoms with Crippen LogP contribution in [-0.4, -0.2) is 36.1 Å². The normalized spacial score (nSPS) is 26.3. The fourth-order valence-electron chi connectivity index (χ4n) is 4.24. The third-order valence-electron chi connectivity index (χ3n) is 5.15. The molecule has 1 N–H and O–H groups in total. The largest absolute Gasteiger partial charge is 0.312 e. The van der Waals surface area contributed by atoms with Crippen LogP contribution in [0.1, 0.15) is 71.6 Å². The summed E-state index contributed by atoms with van der Waals surface area (Å²) in [6, 6.07) is 0.720. The van der Waals surface area contributed by atoms with Crippen LogP contribution in [0, 0.1) is 0 Å². The molecule has 1 heterocycles. The molecule has 1 saturated carbocycles. The SMILES string of the molecule is CCCNC(CC)C1(N2CCCCC2)CCCC1. The maximum absolute atomic E-state index is 3.86. The van der Waals surface area contributed by atoms with E-state index in [1.54, 1.807) is 0 Å². The zero-order valence-electron chi connectivity index (χ0n) is 12.5. The van der Waals surface area contributed by atoms with E-state index in [1.165, 1.54) is 77.4 Å². The molecule has 0 aromatic carbocycles. The predicted molar refractivity (Wildman–Crippen MR) is 79.0 cm³/mol. The molecular weight excluding hydrogens is 220 g/mol. The molecule has 1 aliphatic heterocycles. The molecule has 2 fully saturated rings. The maximum atomic E-state index is 3.86. The van der Waals surface area contributed by atoms with Gasteiger partial charge in [0.1, 0.15) is 0 Å². The van der Waals surface area contributed by atoms with Gasteiger partial charge in [-0.25, -0.2) is 0 Å². The predicted octanol–water partition coefficient (Wildman–Crippen LogP) is 3.56. The first kappa shape index (κ1) is 14.3. The van der Waals surface area contributed by atoms with E-state index < -0.39 is 0 Å². The Labute approximate surface area is 114 Å². The van der Waals surface area contributed by atoms with Gasteiger partial charge in [0.15, 0.2) is 0 Å². The van der Waals surface area contributed by atoms with Gasteiger partial charge in [0.05, 0.1) is 0 Å². The molecule has 1 unspecified atom stereocenters. The zero-order valence-corrected chi connectivity index (χ0v) is 12.5. The second-order valence-corrected chi connectivity index (χ2v) is 6.27. The minimum Gasteiger partial charge on any atom is -0.312 e. The highest BCUT2D eigenvalue weighted by Gasteiger charge is 2.44. The van der Waals surface area contributed by atoms with Crippen LogP contribution in [-0.2, 0) is 0 Å². The van der Waals surface area contributed by atoms with E-state index in [2.05, 4.69) is 24.1 Å². The summed E-state index contributed by atoms with van der Waals surface area (Å²) in [6.07, 6.45) is 12.6. The molecule has 1 atom stereocenters. The molecule has 2 aliphatic rings. The molecular formula is C16H32N2. The molecule has 1 saturated heterocycles. The third kappa shape index (κ3) is 2.91. The van der Waals surface area contributed by atoms with Crippen molar-refractivity contribution in [1.82, 2.24) is 10.2 Å². The average molecular weight is 252 g/mol. The van der Waals surface area contributed by atoms with E-state index in [-0.39, 0.29) is 0 Å². The minimum atomic E-state index is 0.504. The Kier molecular flexibility index (Phi) is 5.50. The van der Waals surface area contributed by atoms with Gasteiger partial charge in [-0.1, -0.05) is 33.1 Å². The molecule has 0 radical (unpaired) electrons. The Morgan fingerprint density at radius 2 is 1.67 bits per heavy atom. The molecule has 1 aliphatic carbocycles. The van der Waals surface area contributed by atoms with Crippen molar-refractivity contribution in [2.24, 2.45) is 0 Å². The van der Waals surface area contributed by atoms with E-state index >= 15 is 0 Å². The summed E-state index contributed by atoms with van der Waals surface area (Å²) in [5.41, 5.74) is 0.504. The number of hydrogen-bond donors (Lipinski definition) is 1. The van der Waals surface area contributed by atoms with Crippen LogP contribution in [0.3, 0.4) is 0 Å². The number of rotatable bonds is 6. The second kappa shape index (κ2) is 6.91. The van der Waals surface area contributed by atoms with Gasteiger partial charge in [-0.15, -0.1) is 0 Å². The summed E-state index contributed by atoms with van der Waals surface area (Å²) >= 11 is 0. The fourth-order valence-corrected chi connectivity index (χ4v) is 4.24. The highest BCUT2D eigenvalue weighted by atomic mass is 15.2. The van der Waals surface area contributed by atoms with E-state index in [4.69, 9.17) is 0 Å². The summed E-state index contributed by atoms with van der Waals surface area (Å²) in [4.78, 5) is 2.86. The lowest BCUT2D eigenvalue weighted by atomic mass is 9.83. The van der Waals surface area contributed by atoms with Crippen LogP contribution < -0.4 is 5.32 Å². The quantitative estimate of drug-likeness (QED) is 0.777. The maximum Gasteiger partial charge on any atom is 0.0362 e. The number of nitrogens with one attached hydrogen (secondary N) is 1. The molecule has 0 bridgehead atoms. The molecule has 2 heteroatoms. The minimum absolute atomic E-state index is 0.504. The van der Waals surface area contributed by atoms with Crippen LogP contribution >= 0.6 is 0 Å². The molecule has 0 aromatic heterocycles. The Balaban J connectivity index is 2.07. The van der Waals surface area contributed by atoms with E-state index in [9.17, 15) is 0 Å². The summed E-state index contributed by atoms with van der Waals surface area (Å²) in [5, 5.41) is 3.86. The summed E-state index contributed by atoms with van der Waals surface area (Å²) in [5.74, 6) is 0. The highest BCUT2D eigenvalue weighted by molar-refractivity contribution is 5.03. The highest BCUT2D eigenvalue weighted by Crippen LogP contribution is 2.40. The number of nitrogens with zero attached hydrogens (tertiary/aromatic N) is 1. The average Bonchev–Trinajstić information content (AvgIpc) is 2.91. The lowest BCUT2D eigenvalue weighted by Gasteiger charge is -2.48. The van der Waals surface area contributed by atoms with Gasteiger partial charge in [-0.2, -0.15) is 0 Å². The van der Waals surface area contributed by atoms with E-state index in [0.29, 0.717) is 5.54 Å². The van der Waals surface area contributed by atoms with Gasteiger partial charge < -0.3 is 5.32 Å². The van der Waals surface area contributed by atoms with Crippen molar-refractivity contribution in [1.29, 1.82) is 0 Å². The van der Waals surface area contributed by atoms with Crippen LogP contribution in [0.25, 0.3) is 0 Å². The van der Waals surface area contributed by atoms with Crippen LogP contribution in [0.4, 0.5) is 0 Å². The van der Waals surface area contributed by atoms with Crippen molar-refractivity contribution in [3.63, 3.8) is 0 Å². The van der Waals surface area contributed by atoms with Gasteiger partial charge >= 0.3 is 0 Å². The number of likely N-dealkylation sites (tertiary alicyclic amines) is 1. The number of piperidine rings is 1. The van der Waals surface area contributed by atoms with Crippen molar-refractivity contribution in [2.75, 3.05) is 19.6 Å². The molecule has 0 spiro atoms. The smallest absolute Gasteiger partial charge is 0.0362 e. The van der Waals surface area contributed by atoms with Crippen LogP contribution in [0.15, 0.2) is 0 Å². The first-order valence-electron chi connectivity index (χ1n) is 8.32. The Morgan fingerprint density at radius 3 is 2.22 bits per heavy atom. The first-order valence-corrected chi connectivity index (χ1v) is 8.32. The zero-order chi connectivity index (χ0) is 12.8. The molecule has 0 aromatic rings. The molecule has 2 nitrogen and oxygen atoms in total. The Bertz CT molecular complexity index is 227. The van der Waals surface area contributed by atoms with Crippen LogP contribution in [0.2, 0.25) is 0 Å². The Hall–Kier alpha value is -0.0800. The van der Waals surface area contributed by atoms with Gasteiger partial charge in [-0.3, -0.25) is 4.90 Å². The fraction of sp³-hybridized carbons (Fsp3) is 1.00. The lowest BCUT2D eigenvalue weighted by molar-refractivity contribution is 0.0354. The third-order valence-corrected chi connectivity index (χ3v) is 5.15. The second-order valence-electron chi connectivity index (χ2n) is 6.27. The van der Waals surface area contributed by atoms with Crippen molar-refractivity contribution < 1.29 is 0 Å². The summed E-state index contributed by atoms with van der Waals surface area (Å²) in [6.45, 7) is 8.54. The summed E-state index contributed by atoms with van der Waals surface area (Å²) < 4.78 is 0. The first-order chi connectivity index (χ1) is 8.83. The molecule has 106 valence electrons. The molecule has 2 rings (SSSR count). The van der Waals surface area contributed by atoms with Crippen molar-refractivity contribution in [3.8, 4) is 0 Å². The molecule has 18 heavy (non-hydrogen) atoms. The van der Waals surface area contributed by atoms with E-state index in [1.807, 2.05) is 0 Å². The van der Waals surface area contributed by atoms with Gasteiger partial charge in [-0.05, 0) is 58.2 Å². The molecule has 0 amide bonds. The van der Waals surface area contributed by atoms with Crippen molar-refractivity contribution >= 4 is 0 Å². The monoisotopic (exact) mass is 252 g/mol. The van der Waals surface area contributed by atoms with Gasteiger partial charge in [0.25, 0.3) is 0 Å². The van der Waals surface area contributed by atoms with Gasteiger partial charge in [0, 0.05) is 11.6 Å². The topological polar surface area (TPSA) is 15.3 Å². The van der Waals surface area contributed by atoms with Crippen LogP contribution in [0.5, 0.6) is 0 Å². The van der Waals surface area contributed by atoms with Gasteiger partial charge in [0.2, 0.25) is 0 Å².